The standard InChI is InChI=1S/C7H14N2O3/c1-7(2,3)9(6(11)12)4-5(8)10/h4H2,1-3H3,(H2,8,10)(H,11,12)/p-1. The molecule has 0 saturated carbocycles. The number of hydrogen-bond acceptors (Lipinski definition) is 3. The average molecular weight is 173 g/mol. The van der Waals surface area contributed by atoms with Gasteiger partial charge in [0.2, 0.25) is 5.91 Å². The fourth-order valence-electron chi connectivity index (χ4n) is 0.731. The first-order valence-corrected chi connectivity index (χ1v) is 3.52. The highest BCUT2D eigenvalue weighted by atomic mass is 16.4. The van der Waals surface area contributed by atoms with Gasteiger partial charge in [-0.3, -0.25) is 4.79 Å². The van der Waals surface area contributed by atoms with Gasteiger partial charge in [-0.25, -0.2) is 0 Å². The lowest BCUT2D eigenvalue weighted by atomic mass is 10.1. The molecule has 2 amide bonds. The number of carbonyl (C=O) groups is 2. The van der Waals surface area contributed by atoms with E-state index in [1.807, 2.05) is 0 Å². The van der Waals surface area contributed by atoms with Crippen LogP contribution in [0, 0.1) is 0 Å². The van der Waals surface area contributed by atoms with Crippen molar-refractivity contribution >= 4 is 12.0 Å². The van der Waals surface area contributed by atoms with E-state index < -0.39 is 17.5 Å². The maximum absolute atomic E-state index is 10.5. The van der Waals surface area contributed by atoms with Gasteiger partial charge in [0.15, 0.2) is 0 Å². The number of nitrogens with two attached hydrogens (primary N) is 1. The van der Waals surface area contributed by atoms with Crippen LogP contribution in [0.15, 0.2) is 0 Å². The van der Waals surface area contributed by atoms with Gasteiger partial charge in [0.1, 0.15) is 6.09 Å². The summed E-state index contributed by atoms with van der Waals surface area (Å²) in [6.07, 6.45) is -1.39. The molecule has 5 heteroatoms. The Morgan fingerprint density at radius 1 is 1.42 bits per heavy atom. The summed E-state index contributed by atoms with van der Waals surface area (Å²) in [5.74, 6) is -0.686. The van der Waals surface area contributed by atoms with Crippen molar-refractivity contribution in [3.63, 3.8) is 0 Å². The summed E-state index contributed by atoms with van der Waals surface area (Å²) in [5, 5.41) is 10.5. The molecule has 0 aliphatic heterocycles. The van der Waals surface area contributed by atoms with Gasteiger partial charge in [-0.2, -0.15) is 0 Å². The SMILES string of the molecule is CC(C)(C)N(CC(N)=O)C(=O)[O-]. The summed E-state index contributed by atoms with van der Waals surface area (Å²) in [6, 6.07) is 0. The quantitative estimate of drug-likeness (QED) is 0.576. The average Bonchev–Trinajstić information content (AvgIpc) is 1.79. The van der Waals surface area contributed by atoms with Crippen LogP contribution in [0.2, 0.25) is 0 Å². The van der Waals surface area contributed by atoms with E-state index in [0.717, 1.165) is 4.90 Å². The molecule has 70 valence electrons. The number of primary amides is 1. The first-order valence-electron chi connectivity index (χ1n) is 3.52. The van der Waals surface area contributed by atoms with Gasteiger partial charge in [-0.15, -0.1) is 0 Å². The van der Waals surface area contributed by atoms with Crippen molar-refractivity contribution < 1.29 is 14.7 Å². The second-order valence-electron chi connectivity index (χ2n) is 3.49. The van der Waals surface area contributed by atoms with Crippen molar-refractivity contribution in [3.05, 3.63) is 0 Å². The lowest BCUT2D eigenvalue weighted by Crippen LogP contribution is -2.54. The van der Waals surface area contributed by atoms with E-state index in [-0.39, 0.29) is 6.54 Å². The smallest absolute Gasteiger partial charge is 0.237 e. The lowest BCUT2D eigenvalue weighted by Gasteiger charge is -2.36. The Balaban J connectivity index is 4.46. The van der Waals surface area contributed by atoms with E-state index in [4.69, 9.17) is 5.73 Å². The summed E-state index contributed by atoms with van der Waals surface area (Å²) in [5.41, 5.74) is 4.20. The molecule has 0 aliphatic carbocycles. The van der Waals surface area contributed by atoms with Gasteiger partial charge >= 0.3 is 0 Å². The first kappa shape index (κ1) is 10.7. The van der Waals surface area contributed by atoms with Crippen molar-refractivity contribution in [1.29, 1.82) is 0 Å². The summed E-state index contributed by atoms with van der Waals surface area (Å²) in [6.45, 7) is 4.65. The molecule has 0 saturated heterocycles. The van der Waals surface area contributed by atoms with Gasteiger partial charge in [0.05, 0.1) is 6.54 Å². The van der Waals surface area contributed by atoms with Crippen LogP contribution in [0.1, 0.15) is 20.8 Å². The molecule has 0 heterocycles. The molecule has 0 radical (unpaired) electrons. The van der Waals surface area contributed by atoms with Gasteiger partial charge in [-0.05, 0) is 20.8 Å². The Morgan fingerprint density at radius 2 is 1.83 bits per heavy atom. The largest absolute Gasteiger partial charge is 0.530 e. The van der Waals surface area contributed by atoms with E-state index in [0.29, 0.717) is 0 Å². The molecule has 5 nitrogen and oxygen atoms in total. The van der Waals surface area contributed by atoms with Crippen LogP contribution in [0.5, 0.6) is 0 Å². The molecular formula is C7H13N2O3-. The third-order valence-corrected chi connectivity index (χ3v) is 1.34. The number of amides is 2. The Bertz CT molecular complexity index is 195. The topological polar surface area (TPSA) is 86.5 Å². The minimum Gasteiger partial charge on any atom is -0.530 e. The van der Waals surface area contributed by atoms with Crippen molar-refractivity contribution in [3.8, 4) is 0 Å². The highest BCUT2D eigenvalue weighted by molar-refractivity contribution is 5.80. The molecule has 0 aromatic carbocycles. The molecule has 0 unspecified atom stereocenters. The highest BCUT2D eigenvalue weighted by Gasteiger charge is 2.22. The zero-order chi connectivity index (χ0) is 9.94. The molecule has 0 aromatic rings. The van der Waals surface area contributed by atoms with Crippen LogP contribution in [-0.2, 0) is 4.79 Å². The normalized spacial score (nSPS) is 10.9. The highest BCUT2D eigenvalue weighted by Crippen LogP contribution is 2.11. The van der Waals surface area contributed by atoms with Crippen LogP contribution in [0.25, 0.3) is 0 Å². The maximum atomic E-state index is 10.5. The van der Waals surface area contributed by atoms with E-state index in [9.17, 15) is 14.7 Å². The van der Waals surface area contributed by atoms with Crippen LogP contribution in [-0.4, -0.2) is 29.0 Å². The van der Waals surface area contributed by atoms with E-state index in [1.54, 1.807) is 20.8 Å². The Morgan fingerprint density at radius 3 is 1.92 bits per heavy atom. The second kappa shape index (κ2) is 3.42. The van der Waals surface area contributed by atoms with Crippen LogP contribution in [0.3, 0.4) is 0 Å². The molecule has 0 aromatic heterocycles. The molecular weight excluding hydrogens is 160 g/mol. The molecule has 0 bridgehead atoms. The van der Waals surface area contributed by atoms with E-state index >= 15 is 0 Å². The summed E-state index contributed by atoms with van der Waals surface area (Å²) in [4.78, 5) is 21.8. The van der Waals surface area contributed by atoms with Crippen molar-refractivity contribution in [2.45, 2.75) is 26.3 Å². The van der Waals surface area contributed by atoms with Gasteiger partial charge in [0, 0.05) is 5.54 Å². The fraction of sp³-hybridized carbons (Fsp3) is 0.714. The zero-order valence-corrected chi connectivity index (χ0v) is 7.46. The van der Waals surface area contributed by atoms with Gasteiger partial charge in [-0.1, -0.05) is 0 Å². The number of carbonyl (C=O) groups excluding carboxylic acids is 2. The third kappa shape index (κ3) is 3.23. The molecule has 0 fully saturated rings. The molecule has 0 atom stereocenters. The van der Waals surface area contributed by atoms with Crippen LogP contribution >= 0.6 is 0 Å². The molecule has 2 N–H and O–H groups in total. The third-order valence-electron chi connectivity index (χ3n) is 1.34. The van der Waals surface area contributed by atoms with Gasteiger partial charge in [0.25, 0.3) is 0 Å². The molecule has 0 spiro atoms. The molecule has 12 heavy (non-hydrogen) atoms. The Hall–Kier alpha value is -1.26. The zero-order valence-electron chi connectivity index (χ0n) is 7.46. The molecule has 0 rings (SSSR count). The number of nitrogens with zero attached hydrogens (tertiary/aromatic N) is 1. The van der Waals surface area contributed by atoms with E-state index in [2.05, 4.69) is 0 Å². The van der Waals surface area contributed by atoms with Crippen molar-refractivity contribution in [2.75, 3.05) is 6.54 Å². The summed E-state index contributed by atoms with van der Waals surface area (Å²) >= 11 is 0. The van der Waals surface area contributed by atoms with Gasteiger partial charge < -0.3 is 20.5 Å². The van der Waals surface area contributed by atoms with Crippen molar-refractivity contribution in [2.24, 2.45) is 5.73 Å². The summed E-state index contributed by atoms with van der Waals surface area (Å²) < 4.78 is 0. The number of rotatable bonds is 2. The fourth-order valence-corrected chi connectivity index (χ4v) is 0.731. The number of hydrogen-bond donors (Lipinski definition) is 1. The lowest BCUT2D eigenvalue weighted by molar-refractivity contribution is -0.270. The monoisotopic (exact) mass is 173 g/mol. The second-order valence-corrected chi connectivity index (χ2v) is 3.49. The Kier molecular flexibility index (Phi) is 3.06. The molecule has 0 aliphatic rings. The Labute approximate surface area is 71.1 Å². The summed E-state index contributed by atoms with van der Waals surface area (Å²) in [7, 11) is 0. The predicted octanol–water partition coefficient (Wildman–Crippen LogP) is -1.08. The first-order chi connectivity index (χ1) is 5.25. The van der Waals surface area contributed by atoms with Crippen LogP contribution in [0.4, 0.5) is 4.79 Å². The minimum atomic E-state index is -1.39. The number of carboxylic acid groups (broad SMARTS) is 1. The maximum Gasteiger partial charge on any atom is 0.237 e. The van der Waals surface area contributed by atoms with Crippen molar-refractivity contribution in [1.82, 2.24) is 4.90 Å². The van der Waals surface area contributed by atoms with Crippen LogP contribution < -0.4 is 10.8 Å². The minimum absolute atomic E-state index is 0.328. The van der Waals surface area contributed by atoms with E-state index in [1.165, 1.54) is 0 Å². The predicted molar refractivity (Wildman–Crippen MR) is 41.0 cm³/mol.